The van der Waals surface area contributed by atoms with Crippen molar-refractivity contribution >= 4 is 12.0 Å². The second kappa shape index (κ2) is 11.6. The van der Waals surface area contributed by atoms with Crippen LogP contribution in [-0.4, -0.2) is 7.11 Å². The van der Waals surface area contributed by atoms with Crippen molar-refractivity contribution in [3.8, 4) is 0 Å². The van der Waals surface area contributed by atoms with Crippen LogP contribution in [0.15, 0.2) is 17.0 Å². The van der Waals surface area contributed by atoms with Crippen molar-refractivity contribution in [1.29, 1.82) is 0 Å². The van der Waals surface area contributed by atoms with E-state index in [0.29, 0.717) is 5.92 Å². The van der Waals surface area contributed by atoms with E-state index < -0.39 is 0 Å². The summed E-state index contributed by atoms with van der Waals surface area (Å²) in [6.45, 7) is 4.69. The van der Waals surface area contributed by atoms with Gasteiger partial charge in [0.1, 0.15) is 0 Å². The lowest BCUT2D eigenvalue weighted by Crippen LogP contribution is -2.13. The van der Waals surface area contributed by atoms with E-state index in [4.69, 9.17) is 4.18 Å². The van der Waals surface area contributed by atoms with Gasteiger partial charge in [0.05, 0.1) is 7.11 Å². The Morgan fingerprint density at radius 2 is 1.43 bits per heavy atom. The fraction of sp³-hybridized carbons (Fsp3) is 0.769. The van der Waals surface area contributed by atoms with Crippen LogP contribution in [0.25, 0.3) is 0 Å². The Kier molecular flexibility index (Phi) is 9.24. The molecule has 0 saturated heterocycles. The molecule has 0 amide bonds. The Labute approximate surface area is 178 Å². The first-order valence-electron chi connectivity index (χ1n) is 12.2. The number of rotatable bonds is 9. The lowest BCUT2D eigenvalue weighted by molar-refractivity contribution is 0.428. The molecule has 0 spiro atoms. The largest absolute Gasteiger partial charge is 0.314 e. The Morgan fingerprint density at radius 1 is 0.857 bits per heavy atom. The van der Waals surface area contributed by atoms with Gasteiger partial charge in [-0.25, -0.2) is 0 Å². The second-order valence-electron chi connectivity index (χ2n) is 9.22. The van der Waals surface area contributed by atoms with Crippen LogP contribution >= 0.6 is 12.0 Å². The van der Waals surface area contributed by atoms with E-state index in [0.717, 1.165) is 11.8 Å². The monoisotopic (exact) mass is 402 g/mol. The molecule has 0 heterocycles. The summed E-state index contributed by atoms with van der Waals surface area (Å²) in [4.78, 5) is 1.49. The maximum absolute atomic E-state index is 5.71. The first-order valence-corrected chi connectivity index (χ1v) is 12.9. The minimum absolute atomic E-state index is 0.693. The average molecular weight is 403 g/mol. The van der Waals surface area contributed by atoms with Crippen LogP contribution in [0.2, 0.25) is 0 Å². The molecule has 3 rings (SSSR count). The third kappa shape index (κ3) is 5.57. The first kappa shape index (κ1) is 22.2. The molecule has 2 aliphatic carbocycles. The van der Waals surface area contributed by atoms with Gasteiger partial charge in [-0.2, -0.15) is 0 Å². The van der Waals surface area contributed by atoms with Crippen LogP contribution in [0.4, 0.5) is 0 Å². The van der Waals surface area contributed by atoms with Crippen LogP contribution in [0.5, 0.6) is 0 Å². The van der Waals surface area contributed by atoms with Gasteiger partial charge >= 0.3 is 0 Å². The van der Waals surface area contributed by atoms with Crippen molar-refractivity contribution in [1.82, 2.24) is 0 Å². The van der Waals surface area contributed by atoms with Crippen LogP contribution in [-0.2, 0) is 4.18 Å². The quantitative estimate of drug-likeness (QED) is 0.381. The molecular formula is C26H42OS. The molecular weight excluding hydrogens is 360 g/mol. The zero-order valence-corrected chi connectivity index (χ0v) is 19.4. The molecule has 0 aromatic heterocycles. The predicted octanol–water partition coefficient (Wildman–Crippen LogP) is 9.12. The zero-order valence-electron chi connectivity index (χ0n) is 18.6. The van der Waals surface area contributed by atoms with Crippen LogP contribution in [0.1, 0.15) is 138 Å². The first-order chi connectivity index (χ1) is 13.8. The van der Waals surface area contributed by atoms with Gasteiger partial charge in [-0.15, -0.1) is 0 Å². The van der Waals surface area contributed by atoms with Crippen molar-refractivity contribution in [2.24, 2.45) is 0 Å². The Hall–Kier alpha value is -0.470. The van der Waals surface area contributed by atoms with E-state index in [1.165, 1.54) is 94.8 Å². The van der Waals surface area contributed by atoms with Gasteiger partial charge in [0.2, 0.25) is 0 Å². The molecule has 28 heavy (non-hydrogen) atoms. The summed E-state index contributed by atoms with van der Waals surface area (Å²) < 4.78 is 5.71. The van der Waals surface area contributed by atoms with Crippen LogP contribution in [0.3, 0.4) is 0 Å². The Balaban J connectivity index is 2.06. The van der Waals surface area contributed by atoms with Gasteiger partial charge in [0.15, 0.2) is 0 Å². The molecule has 2 heteroatoms. The molecule has 0 radical (unpaired) electrons. The van der Waals surface area contributed by atoms with Gasteiger partial charge in [-0.1, -0.05) is 77.3 Å². The van der Waals surface area contributed by atoms with Gasteiger partial charge < -0.3 is 4.18 Å². The highest BCUT2D eigenvalue weighted by atomic mass is 32.2. The standard InChI is InChI=1S/C26H42OS/c1-4-12-21(13-5-2)24-18-23(20-14-8-6-9-15-20)19-25(26(24)28-27-3)22-16-10-7-11-17-22/h18-22H,4-17H2,1-3H3. The van der Waals surface area contributed by atoms with Crippen molar-refractivity contribution in [2.75, 3.05) is 7.11 Å². The molecule has 158 valence electrons. The van der Waals surface area contributed by atoms with Crippen molar-refractivity contribution < 1.29 is 4.18 Å². The smallest absolute Gasteiger partial charge is 0.0508 e. The summed E-state index contributed by atoms with van der Waals surface area (Å²) in [5.41, 5.74) is 4.92. The summed E-state index contributed by atoms with van der Waals surface area (Å²) in [5, 5.41) is 0. The van der Waals surface area contributed by atoms with E-state index in [1.807, 2.05) is 7.11 Å². The molecule has 0 N–H and O–H groups in total. The van der Waals surface area contributed by atoms with E-state index >= 15 is 0 Å². The highest BCUT2D eigenvalue weighted by Crippen LogP contribution is 2.46. The zero-order chi connectivity index (χ0) is 19.8. The Morgan fingerprint density at radius 3 is 1.96 bits per heavy atom. The molecule has 0 aliphatic heterocycles. The molecule has 2 fully saturated rings. The predicted molar refractivity (Wildman–Crippen MR) is 124 cm³/mol. The van der Waals surface area contributed by atoms with E-state index in [-0.39, 0.29) is 0 Å². The molecule has 2 aliphatic rings. The summed E-state index contributed by atoms with van der Waals surface area (Å²) >= 11 is 1.66. The van der Waals surface area contributed by atoms with Gasteiger partial charge in [0, 0.05) is 16.9 Å². The summed E-state index contributed by atoms with van der Waals surface area (Å²) in [6.07, 6.45) is 19.2. The lowest BCUT2D eigenvalue weighted by Gasteiger charge is -2.31. The average Bonchev–Trinajstić information content (AvgIpc) is 2.75. The highest BCUT2D eigenvalue weighted by Gasteiger charge is 2.27. The summed E-state index contributed by atoms with van der Waals surface area (Å²) in [5.74, 6) is 2.23. The number of benzene rings is 1. The molecule has 0 atom stereocenters. The van der Waals surface area contributed by atoms with Gasteiger partial charge in [-0.3, -0.25) is 0 Å². The van der Waals surface area contributed by atoms with Gasteiger partial charge in [-0.05, 0) is 73.0 Å². The normalized spacial score (nSPS) is 19.4. The maximum atomic E-state index is 5.71. The van der Waals surface area contributed by atoms with Crippen molar-refractivity contribution in [2.45, 2.75) is 126 Å². The third-order valence-corrected chi connectivity index (χ3v) is 7.98. The van der Waals surface area contributed by atoms with Crippen LogP contribution < -0.4 is 0 Å². The molecule has 2 saturated carbocycles. The fourth-order valence-corrected chi connectivity index (χ4v) is 6.53. The number of hydrogen-bond donors (Lipinski definition) is 0. The molecule has 1 aromatic rings. The van der Waals surface area contributed by atoms with Gasteiger partial charge in [0.25, 0.3) is 0 Å². The number of hydrogen-bond acceptors (Lipinski definition) is 2. The minimum atomic E-state index is 0.693. The third-order valence-electron chi connectivity index (χ3n) is 7.17. The molecule has 1 aromatic carbocycles. The minimum Gasteiger partial charge on any atom is -0.314 e. The summed E-state index contributed by atoms with van der Waals surface area (Å²) in [7, 11) is 1.85. The highest BCUT2D eigenvalue weighted by molar-refractivity contribution is 7.94. The molecule has 0 unspecified atom stereocenters. The Bertz CT molecular complexity index is 578. The van der Waals surface area contributed by atoms with E-state index in [2.05, 4.69) is 26.0 Å². The van der Waals surface area contributed by atoms with Crippen LogP contribution in [0, 0.1) is 0 Å². The lowest BCUT2D eigenvalue weighted by atomic mass is 9.77. The van der Waals surface area contributed by atoms with Crippen molar-refractivity contribution in [3.05, 3.63) is 28.8 Å². The molecule has 0 bridgehead atoms. The maximum Gasteiger partial charge on any atom is 0.0508 e. The topological polar surface area (TPSA) is 9.23 Å². The van der Waals surface area contributed by atoms with Crippen molar-refractivity contribution in [3.63, 3.8) is 0 Å². The van der Waals surface area contributed by atoms with E-state index in [9.17, 15) is 0 Å². The molecule has 1 nitrogen and oxygen atoms in total. The summed E-state index contributed by atoms with van der Waals surface area (Å²) in [6, 6.07) is 5.26. The van der Waals surface area contributed by atoms with E-state index in [1.54, 1.807) is 28.7 Å². The SMILES string of the molecule is CCCC(CCC)c1cc(C2CCCCC2)cc(C2CCCCC2)c1SOC. The second-order valence-corrected chi connectivity index (χ2v) is 10.1. The fourth-order valence-electron chi connectivity index (χ4n) is 5.72.